The lowest BCUT2D eigenvalue weighted by atomic mass is 10.1. The molecule has 0 saturated carbocycles. The van der Waals surface area contributed by atoms with Crippen LogP contribution in [0.15, 0.2) is 41.5 Å². The van der Waals surface area contributed by atoms with Crippen molar-refractivity contribution in [2.75, 3.05) is 7.05 Å². The minimum atomic E-state index is -0.871. The molecule has 9 heteroatoms. The van der Waals surface area contributed by atoms with Crippen molar-refractivity contribution in [2.24, 2.45) is 5.10 Å². The molecule has 0 aliphatic heterocycles. The third-order valence-electron chi connectivity index (χ3n) is 3.20. The van der Waals surface area contributed by atoms with E-state index in [0.29, 0.717) is 0 Å². The van der Waals surface area contributed by atoms with Crippen molar-refractivity contribution in [3.8, 4) is 0 Å². The number of rotatable bonds is 4. The van der Waals surface area contributed by atoms with Crippen LogP contribution in [0.25, 0.3) is 0 Å². The van der Waals surface area contributed by atoms with Gasteiger partial charge in [0.15, 0.2) is 0 Å². The molecule has 0 saturated heterocycles. The topological polar surface area (TPSA) is 82.0 Å². The lowest BCUT2D eigenvalue weighted by Crippen LogP contribution is -2.23. The molecule has 2 aromatic rings. The van der Waals surface area contributed by atoms with Gasteiger partial charge in [0.1, 0.15) is 11.6 Å². The number of benzene rings is 2. The largest absolute Gasteiger partial charge is 0.288 e. The van der Waals surface area contributed by atoms with Crippen molar-refractivity contribution in [3.05, 3.63) is 69.7 Å². The Hall–Kier alpha value is -2.84. The lowest BCUT2D eigenvalue weighted by Gasteiger charge is -2.12. The highest BCUT2D eigenvalue weighted by atomic mass is 35.5. The zero-order valence-corrected chi connectivity index (χ0v) is 13.6. The average molecular weight is 368 g/mol. The van der Waals surface area contributed by atoms with Crippen LogP contribution in [0, 0.1) is 11.6 Å². The van der Waals surface area contributed by atoms with Crippen molar-refractivity contribution >= 4 is 29.6 Å². The highest BCUT2D eigenvalue weighted by Crippen LogP contribution is 2.20. The second kappa shape index (κ2) is 7.82. The Morgan fingerprint density at radius 3 is 2.56 bits per heavy atom. The van der Waals surface area contributed by atoms with E-state index in [4.69, 9.17) is 16.8 Å². The molecule has 0 atom stereocenters. The number of hydrogen-bond acceptors (Lipinski definition) is 4. The van der Waals surface area contributed by atoms with E-state index >= 15 is 0 Å². The number of hydrazone groups is 1. The van der Waals surface area contributed by atoms with Crippen LogP contribution < -0.4 is 5.48 Å². The van der Waals surface area contributed by atoms with Gasteiger partial charge in [-0.15, -0.1) is 0 Å². The van der Waals surface area contributed by atoms with Crippen LogP contribution in [-0.4, -0.2) is 35.3 Å². The first kappa shape index (κ1) is 18.5. The summed E-state index contributed by atoms with van der Waals surface area (Å²) in [6.07, 6.45) is 1.03. The zero-order valence-electron chi connectivity index (χ0n) is 12.8. The molecule has 0 unspecified atom stereocenters. The molecule has 2 N–H and O–H groups in total. The standard InChI is InChI=1S/C16H12ClF2N3O3/c1-22(16(24)14-11(17)3-2-4-12(14)18)20-8-10-6-5-9(7-13(10)19)15(23)21-25/h2-8,25H,1H3,(H,21,23)/b20-8+. The van der Waals surface area contributed by atoms with Crippen molar-refractivity contribution < 1.29 is 23.6 Å². The molecule has 0 radical (unpaired) electrons. The van der Waals surface area contributed by atoms with Crippen LogP contribution in [0.4, 0.5) is 8.78 Å². The van der Waals surface area contributed by atoms with E-state index in [-0.39, 0.29) is 21.7 Å². The quantitative estimate of drug-likeness (QED) is 0.495. The summed E-state index contributed by atoms with van der Waals surface area (Å²) in [6.45, 7) is 0. The normalized spacial score (nSPS) is 10.8. The fraction of sp³-hybridized carbons (Fsp3) is 0.0625. The maximum atomic E-state index is 13.9. The van der Waals surface area contributed by atoms with E-state index in [2.05, 4.69) is 5.10 Å². The summed E-state index contributed by atoms with van der Waals surface area (Å²) in [5.41, 5.74) is 0.917. The van der Waals surface area contributed by atoms with Gasteiger partial charge in [0.2, 0.25) is 0 Å². The van der Waals surface area contributed by atoms with Crippen molar-refractivity contribution in [1.29, 1.82) is 0 Å². The van der Waals surface area contributed by atoms with Gasteiger partial charge < -0.3 is 0 Å². The van der Waals surface area contributed by atoms with E-state index in [0.717, 1.165) is 23.4 Å². The number of carbonyl (C=O) groups is 2. The molecule has 2 amide bonds. The first-order chi connectivity index (χ1) is 11.8. The second-order valence-electron chi connectivity index (χ2n) is 4.85. The van der Waals surface area contributed by atoms with Gasteiger partial charge in [0.05, 0.1) is 16.8 Å². The van der Waals surface area contributed by atoms with Crippen molar-refractivity contribution in [3.63, 3.8) is 0 Å². The van der Waals surface area contributed by atoms with Gasteiger partial charge in [-0.2, -0.15) is 5.10 Å². The van der Waals surface area contributed by atoms with Crippen LogP contribution in [0.1, 0.15) is 26.3 Å². The number of hydrogen-bond donors (Lipinski definition) is 2. The van der Waals surface area contributed by atoms with Crippen LogP contribution in [-0.2, 0) is 0 Å². The fourth-order valence-corrected chi connectivity index (χ4v) is 2.15. The monoisotopic (exact) mass is 367 g/mol. The van der Waals surface area contributed by atoms with E-state index in [1.54, 1.807) is 0 Å². The number of halogens is 3. The molecule has 0 aliphatic carbocycles. The molecule has 0 heterocycles. The second-order valence-corrected chi connectivity index (χ2v) is 5.25. The van der Waals surface area contributed by atoms with E-state index < -0.39 is 23.4 Å². The molecule has 2 rings (SSSR count). The molecule has 0 aromatic heterocycles. The highest BCUT2D eigenvalue weighted by Gasteiger charge is 2.19. The molecule has 0 fully saturated rings. The molecule has 25 heavy (non-hydrogen) atoms. The maximum Gasteiger partial charge on any atom is 0.278 e. The zero-order chi connectivity index (χ0) is 18.6. The van der Waals surface area contributed by atoms with Crippen LogP contribution in [0.2, 0.25) is 5.02 Å². The van der Waals surface area contributed by atoms with Crippen molar-refractivity contribution in [1.82, 2.24) is 10.5 Å². The van der Waals surface area contributed by atoms with Gasteiger partial charge >= 0.3 is 0 Å². The minimum Gasteiger partial charge on any atom is -0.288 e. The molecular formula is C16H12ClF2N3O3. The van der Waals surface area contributed by atoms with Gasteiger partial charge in [0.25, 0.3) is 11.8 Å². The molecule has 0 bridgehead atoms. The molecule has 130 valence electrons. The summed E-state index contributed by atoms with van der Waals surface area (Å²) >= 11 is 5.81. The average Bonchev–Trinajstić information content (AvgIpc) is 2.59. The third kappa shape index (κ3) is 4.17. The SMILES string of the molecule is CN(/N=C/c1ccc(C(=O)NO)cc1F)C(=O)c1c(F)cccc1Cl. The highest BCUT2D eigenvalue weighted by molar-refractivity contribution is 6.33. The summed E-state index contributed by atoms with van der Waals surface area (Å²) in [4.78, 5) is 23.4. The Balaban J connectivity index is 2.21. The van der Waals surface area contributed by atoms with Crippen LogP contribution in [0.5, 0.6) is 0 Å². The number of amides is 2. The summed E-state index contributed by atoms with van der Waals surface area (Å²) in [7, 11) is 1.26. The van der Waals surface area contributed by atoms with Gasteiger partial charge in [-0.1, -0.05) is 17.7 Å². The number of nitrogens with zero attached hydrogens (tertiary/aromatic N) is 2. The minimum absolute atomic E-state index is 0.0197. The fourth-order valence-electron chi connectivity index (χ4n) is 1.90. The van der Waals surface area contributed by atoms with Gasteiger partial charge in [0, 0.05) is 18.2 Å². The summed E-state index contributed by atoms with van der Waals surface area (Å²) in [5.74, 6) is -3.28. The summed E-state index contributed by atoms with van der Waals surface area (Å²) in [5, 5.41) is 13.0. The first-order valence-electron chi connectivity index (χ1n) is 6.85. The van der Waals surface area contributed by atoms with E-state index in [1.165, 1.54) is 36.8 Å². The van der Waals surface area contributed by atoms with Crippen molar-refractivity contribution in [2.45, 2.75) is 0 Å². The number of nitrogens with one attached hydrogen (secondary N) is 1. The molecular weight excluding hydrogens is 356 g/mol. The van der Waals surface area contributed by atoms with Gasteiger partial charge in [-0.3, -0.25) is 14.8 Å². The van der Waals surface area contributed by atoms with Gasteiger partial charge in [-0.25, -0.2) is 19.3 Å². The molecule has 0 spiro atoms. The number of hydroxylamine groups is 1. The predicted octanol–water partition coefficient (Wildman–Crippen LogP) is 2.84. The number of carbonyl (C=O) groups excluding carboxylic acids is 2. The summed E-state index contributed by atoms with van der Waals surface area (Å²) in [6, 6.07) is 7.18. The first-order valence-corrected chi connectivity index (χ1v) is 7.23. The molecule has 2 aromatic carbocycles. The van der Waals surface area contributed by atoms with Gasteiger partial charge in [-0.05, 0) is 30.3 Å². The van der Waals surface area contributed by atoms with E-state index in [9.17, 15) is 18.4 Å². The Morgan fingerprint density at radius 1 is 1.24 bits per heavy atom. The van der Waals surface area contributed by atoms with Crippen LogP contribution in [0.3, 0.4) is 0 Å². The summed E-state index contributed by atoms with van der Waals surface area (Å²) < 4.78 is 27.7. The van der Waals surface area contributed by atoms with E-state index in [1.807, 2.05) is 0 Å². The molecule has 6 nitrogen and oxygen atoms in total. The maximum absolute atomic E-state index is 13.9. The Bertz CT molecular complexity index is 838. The Labute approximate surface area is 146 Å². The lowest BCUT2D eigenvalue weighted by molar-refractivity contribution is 0.0705. The molecule has 0 aliphatic rings. The smallest absolute Gasteiger partial charge is 0.278 e. The predicted molar refractivity (Wildman–Crippen MR) is 86.8 cm³/mol. The van der Waals surface area contributed by atoms with Crippen LogP contribution >= 0.6 is 11.6 Å². The Morgan fingerprint density at radius 2 is 1.96 bits per heavy atom. The third-order valence-corrected chi connectivity index (χ3v) is 3.52. The Kier molecular flexibility index (Phi) is 5.79.